The molecule has 0 aliphatic carbocycles. The van der Waals surface area contributed by atoms with Crippen LogP contribution in [0.25, 0.3) is 0 Å². The van der Waals surface area contributed by atoms with Gasteiger partial charge in [-0.05, 0) is 0 Å². The van der Waals surface area contributed by atoms with Crippen LogP contribution < -0.4 is 0 Å². The van der Waals surface area contributed by atoms with Crippen LogP contribution in [0.2, 0.25) is 0 Å². The largest absolute Gasteiger partial charge is 1.20 e. The van der Waals surface area contributed by atoms with Crippen LogP contribution in [-0.4, -0.2) is 66.0 Å². The van der Waals surface area contributed by atoms with Crippen molar-refractivity contribution in [3.05, 3.63) is 0 Å². The monoisotopic (exact) mass is 468 g/mol. The van der Waals surface area contributed by atoms with Crippen LogP contribution in [-0.2, 0) is 62.6 Å². The van der Waals surface area contributed by atoms with Crippen molar-refractivity contribution in [1.29, 1.82) is 0 Å². The maximum atomic E-state index is 10.8. The minimum Gasteiger partial charge on any atom is -0.551 e. The zero-order valence-electron chi connectivity index (χ0n) is 17.3. The third-order valence-electron chi connectivity index (χ3n) is 1.86. The number of hydrogen-bond acceptors (Lipinski definition) is 14. The topological polar surface area (TPSA) is 184 Å². The van der Waals surface area contributed by atoms with E-state index in [9.17, 15) is 33.6 Å². The van der Waals surface area contributed by atoms with Gasteiger partial charge < -0.3 is 29.1 Å². The lowest BCUT2D eigenvalue weighted by molar-refractivity contribution is -0.161. The summed E-state index contributed by atoms with van der Waals surface area (Å²) in [4.78, 5) is 74.7. The number of carbonyl (C=O) groups excluding carboxylic acids is 7. The summed E-state index contributed by atoms with van der Waals surface area (Å²) in [5, 5.41) is 0. The Kier molecular flexibility index (Phi) is 13.7. The lowest BCUT2D eigenvalue weighted by Crippen LogP contribution is -2.53. The molecule has 0 rings (SSSR count). The average Bonchev–Trinajstić information content (AvgIpc) is 2.41. The van der Waals surface area contributed by atoms with Crippen molar-refractivity contribution in [3.8, 4) is 0 Å². The van der Waals surface area contributed by atoms with E-state index >= 15 is 0 Å². The predicted molar refractivity (Wildman–Crippen MR) is 93.9 cm³/mol. The van der Waals surface area contributed by atoms with E-state index in [2.05, 4.69) is 29.1 Å². The van der Waals surface area contributed by atoms with Gasteiger partial charge in [0.25, 0.3) is 41.8 Å². The summed E-state index contributed by atoms with van der Waals surface area (Å²) in [7, 11) is -4.45. The van der Waals surface area contributed by atoms with Crippen LogP contribution >= 0.6 is 0 Å². The maximum absolute atomic E-state index is 10.8. The quantitative estimate of drug-likeness (QED) is 0.429. The van der Waals surface area contributed by atoms with Gasteiger partial charge in [0.15, 0.2) is 0 Å². The molecule has 0 aromatic rings. The number of carbonyl (C=O) groups is 7. The first-order valence-corrected chi connectivity index (χ1v) is 10.9. The molecule has 0 atom stereocenters. The molecule has 0 saturated heterocycles. The second kappa shape index (κ2) is 14.1. The summed E-state index contributed by atoms with van der Waals surface area (Å²) in [5.74, 6) is -5.63. The Hall–Kier alpha value is -2.96. The molecule has 0 aliphatic rings. The summed E-state index contributed by atoms with van der Waals surface area (Å²) in [6, 6.07) is 0. The Morgan fingerprint density at radius 1 is 0.433 bits per heavy atom. The van der Waals surface area contributed by atoms with Crippen LogP contribution in [0.5, 0.6) is 0 Å². The van der Waals surface area contributed by atoms with Gasteiger partial charge in [-0.1, -0.05) is 0 Å². The van der Waals surface area contributed by atoms with Crippen LogP contribution in [0, 0.1) is 0 Å². The summed E-state index contributed by atoms with van der Waals surface area (Å²) < 4.78 is 31.6. The van der Waals surface area contributed by atoms with Crippen LogP contribution in [0.15, 0.2) is 0 Å². The molecule has 0 saturated carbocycles. The SMILES string of the molecule is CC(=O)O[Si](OC(C)=O)(OC(C)=O)OC(C)=O.CC(=O)[O][Al]([O]C(C)=O)[O]C(C)=O. The minimum atomic E-state index is -4.45. The van der Waals surface area contributed by atoms with Crippen molar-refractivity contribution in [2.24, 2.45) is 0 Å². The second-order valence-electron chi connectivity index (χ2n) is 4.99. The zero-order chi connectivity index (χ0) is 24.1. The molecule has 14 nitrogen and oxygen atoms in total. The first-order valence-electron chi connectivity index (χ1n) is 7.88. The summed E-state index contributed by atoms with van der Waals surface area (Å²) >= 11 is -2.96. The van der Waals surface area contributed by atoms with E-state index in [0.717, 1.165) is 48.5 Å². The molecule has 0 bridgehead atoms. The van der Waals surface area contributed by atoms with Gasteiger partial charge >= 0.3 is 24.2 Å². The molecule has 16 heteroatoms. The Balaban J connectivity index is 0. The van der Waals surface area contributed by atoms with Gasteiger partial charge in [0.1, 0.15) is 0 Å². The van der Waals surface area contributed by atoms with E-state index in [-0.39, 0.29) is 0 Å². The Labute approximate surface area is 177 Å². The molecule has 0 amide bonds. The van der Waals surface area contributed by atoms with Crippen molar-refractivity contribution < 1.29 is 62.6 Å². The first-order chi connectivity index (χ1) is 13.6. The van der Waals surface area contributed by atoms with E-state index in [1.807, 2.05) is 0 Å². The minimum absolute atomic E-state index is 0.654. The molecule has 168 valence electrons. The third-order valence-corrected chi connectivity index (χ3v) is 5.58. The third kappa shape index (κ3) is 17.2. The standard InChI is InChI=1S/C8H12O8Si.3C2H4O2.Al/c1-5(9)13-17(14-6(2)10,15-7(3)11)16-8(4)12;3*1-2(3)4;/h1-4H3;3*1H3,(H,3,4);/q;;;;+3/p-3. The molecule has 0 unspecified atom stereocenters. The zero-order valence-corrected chi connectivity index (χ0v) is 19.4. The average molecular weight is 468 g/mol. The normalized spacial score (nSPS) is 9.43. The van der Waals surface area contributed by atoms with Crippen molar-refractivity contribution in [1.82, 2.24) is 0 Å². The molecule has 0 fully saturated rings. The molecular formula is C14H21AlO14Si. The van der Waals surface area contributed by atoms with Gasteiger partial charge in [-0.25, -0.2) is 0 Å². The highest BCUT2D eigenvalue weighted by atomic mass is 28.4. The Morgan fingerprint density at radius 3 is 0.767 bits per heavy atom. The molecule has 0 radical (unpaired) electrons. The molecule has 0 aliphatic heterocycles. The van der Waals surface area contributed by atoms with Crippen LogP contribution in [0.1, 0.15) is 48.5 Å². The molecule has 0 heterocycles. The predicted octanol–water partition coefficient (Wildman–Crippen LogP) is -0.665. The van der Waals surface area contributed by atoms with Gasteiger partial charge in [-0.15, -0.1) is 0 Å². The van der Waals surface area contributed by atoms with Gasteiger partial charge in [0, 0.05) is 48.5 Å². The summed E-state index contributed by atoms with van der Waals surface area (Å²) in [6.45, 7) is 7.33. The first kappa shape index (κ1) is 29.2. The molecule has 0 aromatic heterocycles. The van der Waals surface area contributed by atoms with Crippen LogP contribution in [0.3, 0.4) is 0 Å². The number of hydrogen-bond donors (Lipinski definition) is 0. The molecule has 30 heavy (non-hydrogen) atoms. The van der Waals surface area contributed by atoms with Crippen molar-refractivity contribution >= 4 is 66.0 Å². The fourth-order valence-corrected chi connectivity index (χ4v) is 3.92. The summed E-state index contributed by atoms with van der Waals surface area (Å²) in [5.41, 5.74) is 0. The highest BCUT2D eigenvalue weighted by Crippen LogP contribution is 2.13. The Morgan fingerprint density at radius 2 is 0.633 bits per heavy atom. The van der Waals surface area contributed by atoms with Crippen LogP contribution in [0.4, 0.5) is 0 Å². The molecule has 0 spiro atoms. The van der Waals surface area contributed by atoms with E-state index in [1.54, 1.807) is 0 Å². The molecule has 0 aromatic carbocycles. The maximum Gasteiger partial charge on any atom is 1.20 e. The Bertz CT molecular complexity index is 583. The van der Waals surface area contributed by atoms with E-state index in [1.165, 1.54) is 0 Å². The lowest BCUT2D eigenvalue weighted by Gasteiger charge is -2.22. The number of rotatable bonds is 7. The fraction of sp³-hybridized carbons (Fsp3) is 0.500. The fourth-order valence-electron chi connectivity index (χ4n) is 1.31. The smallest absolute Gasteiger partial charge is 0.551 e. The van der Waals surface area contributed by atoms with E-state index in [0.29, 0.717) is 0 Å². The van der Waals surface area contributed by atoms with Gasteiger partial charge in [-0.2, -0.15) is 0 Å². The van der Waals surface area contributed by atoms with E-state index < -0.39 is 66.0 Å². The van der Waals surface area contributed by atoms with Gasteiger partial charge in [0.05, 0.1) is 0 Å². The van der Waals surface area contributed by atoms with E-state index in [4.69, 9.17) is 0 Å². The second-order valence-corrected chi connectivity index (χ2v) is 8.09. The highest BCUT2D eigenvalue weighted by Gasteiger charge is 2.61. The van der Waals surface area contributed by atoms with Crippen molar-refractivity contribution in [2.45, 2.75) is 48.5 Å². The molecular weight excluding hydrogens is 447 g/mol. The molecule has 0 N–H and O–H groups in total. The summed E-state index contributed by atoms with van der Waals surface area (Å²) in [6.07, 6.45) is 0. The van der Waals surface area contributed by atoms with Gasteiger partial charge in [0.2, 0.25) is 0 Å². The lowest BCUT2D eigenvalue weighted by atomic mass is 10.8. The van der Waals surface area contributed by atoms with Crippen molar-refractivity contribution in [2.75, 3.05) is 0 Å². The van der Waals surface area contributed by atoms with Gasteiger partial charge in [-0.3, -0.25) is 33.6 Å². The highest BCUT2D eigenvalue weighted by molar-refractivity contribution is 6.60. The van der Waals surface area contributed by atoms with Crippen molar-refractivity contribution in [3.63, 3.8) is 0 Å².